The molecular formula is C13H16FN5. The van der Waals surface area contributed by atoms with E-state index in [0.29, 0.717) is 5.69 Å². The van der Waals surface area contributed by atoms with Gasteiger partial charge in [-0.2, -0.15) is 0 Å². The molecule has 0 amide bonds. The van der Waals surface area contributed by atoms with E-state index in [-0.39, 0.29) is 5.82 Å². The monoisotopic (exact) mass is 261 g/mol. The predicted octanol–water partition coefficient (Wildman–Crippen LogP) is 0.812. The van der Waals surface area contributed by atoms with Crippen molar-refractivity contribution in [1.82, 2.24) is 25.2 Å². The highest BCUT2D eigenvalue weighted by Crippen LogP contribution is 2.12. The van der Waals surface area contributed by atoms with Crippen molar-refractivity contribution in [2.75, 3.05) is 26.2 Å². The Balaban J connectivity index is 1.74. The second kappa shape index (κ2) is 5.46. The van der Waals surface area contributed by atoms with Gasteiger partial charge in [0, 0.05) is 32.7 Å². The van der Waals surface area contributed by atoms with Crippen LogP contribution in [0.25, 0.3) is 5.69 Å². The summed E-state index contributed by atoms with van der Waals surface area (Å²) in [6.45, 7) is 4.78. The van der Waals surface area contributed by atoms with Crippen LogP contribution in [0.4, 0.5) is 4.39 Å². The molecule has 0 unspecified atom stereocenters. The Kier molecular flexibility index (Phi) is 3.52. The van der Waals surface area contributed by atoms with Gasteiger partial charge < -0.3 is 5.32 Å². The number of halogens is 1. The van der Waals surface area contributed by atoms with E-state index in [9.17, 15) is 4.39 Å². The summed E-state index contributed by atoms with van der Waals surface area (Å²) in [5.74, 6) is -0.291. The summed E-state index contributed by atoms with van der Waals surface area (Å²) in [7, 11) is 0. The zero-order valence-corrected chi connectivity index (χ0v) is 10.6. The molecule has 6 heteroatoms. The minimum absolute atomic E-state index is 0.291. The number of rotatable bonds is 3. The van der Waals surface area contributed by atoms with E-state index in [0.717, 1.165) is 38.4 Å². The molecule has 0 bridgehead atoms. The third-order valence-electron chi connectivity index (χ3n) is 3.24. The summed E-state index contributed by atoms with van der Waals surface area (Å²) < 4.78 is 15.1. The van der Waals surface area contributed by atoms with Crippen LogP contribution in [0.15, 0.2) is 30.5 Å². The molecule has 2 aromatic rings. The Hall–Kier alpha value is -1.79. The van der Waals surface area contributed by atoms with Gasteiger partial charge in [0.1, 0.15) is 11.5 Å². The number of hydrogen-bond acceptors (Lipinski definition) is 4. The number of nitrogens with zero attached hydrogens (tertiary/aromatic N) is 4. The van der Waals surface area contributed by atoms with Crippen LogP contribution >= 0.6 is 0 Å². The minimum atomic E-state index is -0.291. The first-order chi connectivity index (χ1) is 9.33. The van der Waals surface area contributed by atoms with Gasteiger partial charge >= 0.3 is 0 Å². The Bertz CT molecular complexity index is 547. The van der Waals surface area contributed by atoms with Gasteiger partial charge in [0.05, 0.1) is 11.9 Å². The second-order valence-electron chi connectivity index (χ2n) is 4.63. The first kappa shape index (κ1) is 12.3. The van der Waals surface area contributed by atoms with Gasteiger partial charge in [-0.15, -0.1) is 5.10 Å². The number of benzene rings is 1. The van der Waals surface area contributed by atoms with Crippen LogP contribution < -0.4 is 5.32 Å². The van der Waals surface area contributed by atoms with E-state index in [2.05, 4.69) is 20.5 Å². The third kappa shape index (κ3) is 2.80. The van der Waals surface area contributed by atoms with Crippen molar-refractivity contribution in [1.29, 1.82) is 0 Å². The van der Waals surface area contributed by atoms with Crippen LogP contribution in [-0.4, -0.2) is 46.1 Å². The molecule has 1 N–H and O–H groups in total. The van der Waals surface area contributed by atoms with Crippen LogP contribution in [-0.2, 0) is 6.54 Å². The van der Waals surface area contributed by atoms with E-state index in [1.54, 1.807) is 24.4 Å². The summed E-state index contributed by atoms with van der Waals surface area (Å²) in [5.41, 5.74) is 1.30. The molecule has 0 saturated carbocycles. The van der Waals surface area contributed by atoms with Crippen LogP contribution in [0, 0.1) is 5.82 Å². The van der Waals surface area contributed by atoms with Crippen molar-refractivity contribution in [3.8, 4) is 5.69 Å². The molecule has 1 aromatic carbocycles. The topological polar surface area (TPSA) is 46.0 Å². The molecule has 1 aliphatic rings. The molecule has 3 rings (SSSR count). The van der Waals surface area contributed by atoms with Gasteiger partial charge in [-0.25, -0.2) is 9.07 Å². The van der Waals surface area contributed by atoms with Gasteiger partial charge in [-0.1, -0.05) is 17.3 Å². The van der Waals surface area contributed by atoms with Gasteiger partial charge in [0.2, 0.25) is 0 Å². The molecule has 19 heavy (non-hydrogen) atoms. The maximum absolute atomic E-state index is 13.6. The van der Waals surface area contributed by atoms with Gasteiger partial charge in [0.15, 0.2) is 0 Å². The summed E-state index contributed by atoms with van der Waals surface area (Å²) in [5, 5.41) is 11.4. The molecular weight excluding hydrogens is 245 g/mol. The average molecular weight is 261 g/mol. The van der Waals surface area contributed by atoms with Gasteiger partial charge in [-0.3, -0.25) is 4.90 Å². The normalized spacial score (nSPS) is 16.7. The van der Waals surface area contributed by atoms with Crippen molar-refractivity contribution in [3.63, 3.8) is 0 Å². The fourth-order valence-electron chi connectivity index (χ4n) is 2.22. The average Bonchev–Trinajstić information content (AvgIpc) is 2.89. The highest BCUT2D eigenvalue weighted by molar-refractivity contribution is 5.32. The minimum Gasteiger partial charge on any atom is -0.314 e. The SMILES string of the molecule is Fc1ccccc1-n1cc(CN2CCNCC2)nn1. The van der Waals surface area contributed by atoms with E-state index in [1.807, 2.05) is 0 Å². The highest BCUT2D eigenvalue weighted by atomic mass is 19.1. The summed E-state index contributed by atoms with van der Waals surface area (Å²) in [6.07, 6.45) is 1.79. The second-order valence-corrected chi connectivity index (χ2v) is 4.63. The fraction of sp³-hybridized carbons (Fsp3) is 0.385. The summed E-state index contributed by atoms with van der Waals surface area (Å²) in [4.78, 5) is 2.31. The van der Waals surface area contributed by atoms with Crippen molar-refractivity contribution in [2.24, 2.45) is 0 Å². The Labute approximate surface area is 111 Å². The first-order valence-electron chi connectivity index (χ1n) is 6.42. The van der Waals surface area contributed by atoms with Crippen LogP contribution in [0.5, 0.6) is 0 Å². The largest absolute Gasteiger partial charge is 0.314 e. The lowest BCUT2D eigenvalue weighted by molar-refractivity contribution is 0.230. The Morgan fingerprint density at radius 2 is 2.00 bits per heavy atom. The number of piperazine rings is 1. The zero-order chi connectivity index (χ0) is 13.1. The van der Waals surface area contributed by atoms with E-state index in [4.69, 9.17) is 0 Å². The number of para-hydroxylation sites is 1. The number of nitrogens with one attached hydrogen (secondary N) is 1. The maximum Gasteiger partial charge on any atom is 0.148 e. The molecule has 0 atom stereocenters. The van der Waals surface area contributed by atoms with Crippen molar-refractivity contribution in [3.05, 3.63) is 42.0 Å². The zero-order valence-electron chi connectivity index (χ0n) is 10.6. The maximum atomic E-state index is 13.6. The number of aromatic nitrogens is 3. The molecule has 1 fully saturated rings. The molecule has 0 radical (unpaired) electrons. The van der Waals surface area contributed by atoms with Crippen LogP contribution in [0.2, 0.25) is 0 Å². The fourth-order valence-corrected chi connectivity index (χ4v) is 2.22. The van der Waals surface area contributed by atoms with Crippen molar-refractivity contribution < 1.29 is 4.39 Å². The molecule has 0 spiro atoms. The van der Waals surface area contributed by atoms with Crippen molar-refractivity contribution >= 4 is 0 Å². The van der Waals surface area contributed by atoms with Crippen LogP contribution in [0.1, 0.15) is 5.69 Å². The molecule has 1 aromatic heterocycles. The van der Waals surface area contributed by atoms with Gasteiger partial charge in [0.25, 0.3) is 0 Å². The lowest BCUT2D eigenvalue weighted by atomic mass is 10.3. The summed E-state index contributed by atoms with van der Waals surface area (Å²) >= 11 is 0. The predicted molar refractivity (Wildman–Crippen MR) is 69.5 cm³/mol. The molecule has 1 saturated heterocycles. The quantitative estimate of drug-likeness (QED) is 0.888. The summed E-state index contributed by atoms with van der Waals surface area (Å²) in [6, 6.07) is 6.57. The molecule has 5 nitrogen and oxygen atoms in total. The van der Waals surface area contributed by atoms with E-state index in [1.165, 1.54) is 10.7 Å². The smallest absolute Gasteiger partial charge is 0.148 e. The lowest BCUT2D eigenvalue weighted by Crippen LogP contribution is -2.42. The Morgan fingerprint density at radius 1 is 1.21 bits per heavy atom. The molecule has 1 aliphatic heterocycles. The van der Waals surface area contributed by atoms with E-state index < -0.39 is 0 Å². The third-order valence-corrected chi connectivity index (χ3v) is 3.24. The number of hydrogen-bond donors (Lipinski definition) is 1. The van der Waals surface area contributed by atoms with Crippen molar-refractivity contribution in [2.45, 2.75) is 6.54 Å². The molecule has 100 valence electrons. The van der Waals surface area contributed by atoms with E-state index >= 15 is 0 Å². The Morgan fingerprint density at radius 3 is 2.79 bits per heavy atom. The standard InChI is InChI=1S/C13H16FN5/c14-12-3-1-2-4-13(12)19-10-11(16-17-19)9-18-7-5-15-6-8-18/h1-4,10,15H,5-9H2. The first-order valence-corrected chi connectivity index (χ1v) is 6.42. The molecule has 2 heterocycles. The van der Waals surface area contributed by atoms with Crippen LogP contribution in [0.3, 0.4) is 0 Å². The highest BCUT2D eigenvalue weighted by Gasteiger charge is 2.13. The van der Waals surface area contributed by atoms with Gasteiger partial charge in [-0.05, 0) is 12.1 Å². The molecule has 0 aliphatic carbocycles. The lowest BCUT2D eigenvalue weighted by Gasteiger charge is -2.25.